The van der Waals surface area contributed by atoms with Crippen molar-refractivity contribution in [3.63, 3.8) is 0 Å². The van der Waals surface area contributed by atoms with Gasteiger partial charge in [-0.3, -0.25) is 9.59 Å². The van der Waals surface area contributed by atoms with Crippen molar-refractivity contribution in [2.45, 2.75) is 277 Å². The van der Waals surface area contributed by atoms with Crippen LogP contribution < -0.4 is 0 Å². The molecule has 0 aliphatic rings. The molecule has 0 amide bonds. The van der Waals surface area contributed by atoms with Gasteiger partial charge in [0, 0.05) is 12.8 Å². The fourth-order valence-electron chi connectivity index (χ4n) is 7.38. The molecule has 0 fully saturated rings. The van der Waals surface area contributed by atoms with Crippen LogP contribution in [0.5, 0.6) is 0 Å². The number of allylic oxidation sites excluding steroid dienone is 2. The maximum atomic E-state index is 12.2. The molecule has 0 aliphatic carbocycles. The van der Waals surface area contributed by atoms with E-state index >= 15 is 0 Å². The first-order valence-corrected chi connectivity index (χ1v) is 24.2. The summed E-state index contributed by atoms with van der Waals surface area (Å²) < 4.78 is 10.7. The summed E-state index contributed by atoms with van der Waals surface area (Å²) in [5, 5.41) is 9.61. The van der Waals surface area contributed by atoms with E-state index in [0.717, 1.165) is 32.1 Å². The molecular weight excluding hydrogens is 669 g/mol. The molecule has 0 saturated carbocycles. The Morgan fingerprint density at radius 2 is 0.685 bits per heavy atom. The summed E-state index contributed by atoms with van der Waals surface area (Å²) in [6.07, 6.45) is 54.4. The second-order valence-electron chi connectivity index (χ2n) is 16.5. The number of ether oxygens (including phenoxy) is 2. The molecule has 54 heavy (non-hydrogen) atoms. The maximum Gasteiger partial charge on any atom is 0.306 e. The van der Waals surface area contributed by atoms with Crippen LogP contribution in [0.1, 0.15) is 271 Å². The number of aliphatic hydroxyl groups excluding tert-OH is 1. The first-order valence-electron chi connectivity index (χ1n) is 24.2. The highest BCUT2D eigenvalue weighted by Crippen LogP contribution is 2.16. The van der Waals surface area contributed by atoms with Crippen LogP contribution in [0.25, 0.3) is 0 Å². The van der Waals surface area contributed by atoms with Gasteiger partial charge in [0.1, 0.15) is 6.61 Å². The summed E-state index contributed by atoms with van der Waals surface area (Å²) in [6, 6.07) is 0. The van der Waals surface area contributed by atoms with Crippen molar-refractivity contribution in [2.75, 3.05) is 13.2 Å². The SMILES string of the molecule is CCCCCCCCC=CCCCCCCCCCCCCCC(=O)O[C@@H](CO)COC(=O)CCCCCCCCCCCCCCCCCCCCC. The zero-order valence-corrected chi connectivity index (χ0v) is 36.5. The second-order valence-corrected chi connectivity index (χ2v) is 16.5. The summed E-state index contributed by atoms with van der Waals surface area (Å²) in [7, 11) is 0. The minimum atomic E-state index is -0.766. The number of hydrogen-bond acceptors (Lipinski definition) is 5. The minimum absolute atomic E-state index is 0.0590. The lowest BCUT2D eigenvalue weighted by Crippen LogP contribution is -2.28. The first-order chi connectivity index (χ1) is 26.6. The molecule has 0 aromatic rings. The Kier molecular flexibility index (Phi) is 44.9. The van der Waals surface area contributed by atoms with E-state index in [9.17, 15) is 14.7 Å². The van der Waals surface area contributed by atoms with Gasteiger partial charge in [0.25, 0.3) is 0 Å². The van der Waals surface area contributed by atoms with Crippen LogP contribution in [0, 0.1) is 0 Å². The standard InChI is InChI=1S/C49H94O5/c1-3-5-7-9-11-13-15-17-19-21-23-24-26-28-30-32-34-36-38-40-42-44-49(52)54-47(45-50)46-53-48(51)43-41-39-37-35-33-31-29-27-25-22-20-18-16-14-12-10-8-6-4-2/h17,19,47,50H,3-16,18,20-46H2,1-2H3/t47-/m0/s1. The average molecular weight is 763 g/mol. The third kappa shape index (κ3) is 43.4. The number of unbranched alkanes of at least 4 members (excludes halogenated alkanes) is 35. The zero-order valence-electron chi connectivity index (χ0n) is 36.5. The maximum absolute atomic E-state index is 12.2. The highest BCUT2D eigenvalue weighted by molar-refractivity contribution is 5.70. The lowest BCUT2D eigenvalue weighted by Gasteiger charge is -2.15. The second kappa shape index (κ2) is 46.0. The third-order valence-electron chi connectivity index (χ3n) is 11.1. The molecule has 0 aromatic carbocycles. The van der Waals surface area contributed by atoms with Gasteiger partial charge in [0.15, 0.2) is 6.10 Å². The number of carbonyl (C=O) groups excluding carboxylic acids is 2. The predicted octanol–water partition coefficient (Wildman–Crippen LogP) is 15.6. The van der Waals surface area contributed by atoms with Crippen LogP contribution in [-0.4, -0.2) is 36.4 Å². The number of aliphatic hydroxyl groups is 1. The average Bonchev–Trinajstić information content (AvgIpc) is 3.17. The van der Waals surface area contributed by atoms with Crippen molar-refractivity contribution in [2.24, 2.45) is 0 Å². The molecule has 0 radical (unpaired) electrons. The van der Waals surface area contributed by atoms with Crippen LogP contribution in [0.4, 0.5) is 0 Å². The van der Waals surface area contributed by atoms with Crippen LogP contribution in [0.2, 0.25) is 0 Å². The van der Waals surface area contributed by atoms with E-state index in [0.29, 0.717) is 12.8 Å². The van der Waals surface area contributed by atoms with Crippen molar-refractivity contribution in [1.29, 1.82) is 0 Å². The van der Waals surface area contributed by atoms with E-state index in [1.807, 2.05) is 0 Å². The monoisotopic (exact) mass is 763 g/mol. The minimum Gasteiger partial charge on any atom is -0.462 e. The highest BCUT2D eigenvalue weighted by atomic mass is 16.6. The molecule has 0 unspecified atom stereocenters. The lowest BCUT2D eigenvalue weighted by atomic mass is 10.0. The van der Waals surface area contributed by atoms with Gasteiger partial charge in [-0.1, -0.05) is 231 Å². The molecule has 0 saturated heterocycles. The van der Waals surface area contributed by atoms with Crippen molar-refractivity contribution >= 4 is 11.9 Å². The third-order valence-corrected chi connectivity index (χ3v) is 11.1. The smallest absolute Gasteiger partial charge is 0.306 e. The number of carbonyl (C=O) groups is 2. The molecule has 0 heterocycles. The van der Waals surface area contributed by atoms with Gasteiger partial charge in [-0.05, 0) is 38.5 Å². The van der Waals surface area contributed by atoms with E-state index in [4.69, 9.17) is 9.47 Å². The summed E-state index contributed by atoms with van der Waals surface area (Å²) in [5.74, 6) is -0.574. The largest absolute Gasteiger partial charge is 0.462 e. The predicted molar refractivity (Wildman–Crippen MR) is 233 cm³/mol. The molecule has 0 spiro atoms. The lowest BCUT2D eigenvalue weighted by molar-refractivity contribution is -0.161. The molecule has 0 aliphatic heterocycles. The Labute approximate surface area is 337 Å². The van der Waals surface area contributed by atoms with Gasteiger partial charge in [0.2, 0.25) is 0 Å². The summed E-state index contributed by atoms with van der Waals surface area (Å²) >= 11 is 0. The van der Waals surface area contributed by atoms with E-state index in [2.05, 4.69) is 26.0 Å². The van der Waals surface area contributed by atoms with E-state index in [1.165, 1.54) is 212 Å². The molecule has 5 heteroatoms. The fraction of sp³-hybridized carbons (Fsp3) is 0.918. The zero-order chi connectivity index (χ0) is 39.3. The van der Waals surface area contributed by atoms with Gasteiger partial charge < -0.3 is 14.6 Å². The van der Waals surface area contributed by atoms with Gasteiger partial charge in [-0.25, -0.2) is 0 Å². The number of esters is 2. The van der Waals surface area contributed by atoms with E-state index < -0.39 is 6.10 Å². The summed E-state index contributed by atoms with van der Waals surface area (Å²) in [4.78, 5) is 24.4. The number of hydrogen-bond donors (Lipinski definition) is 1. The Bertz CT molecular complexity index is 780. The van der Waals surface area contributed by atoms with Gasteiger partial charge in [0.05, 0.1) is 6.61 Å². The molecule has 1 N–H and O–H groups in total. The summed E-state index contributed by atoms with van der Waals surface area (Å²) in [5.41, 5.74) is 0. The van der Waals surface area contributed by atoms with Crippen LogP contribution >= 0.6 is 0 Å². The molecule has 5 nitrogen and oxygen atoms in total. The van der Waals surface area contributed by atoms with Gasteiger partial charge >= 0.3 is 11.9 Å². The summed E-state index contributed by atoms with van der Waals surface area (Å²) in [6.45, 7) is 4.18. The van der Waals surface area contributed by atoms with E-state index in [-0.39, 0.29) is 25.2 Å². The Morgan fingerprint density at radius 3 is 1.00 bits per heavy atom. The number of rotatable bonds is 45. The molecular formula is C49H94O5. The van der Waals surface area contributed by atoms with Crippen molar-refractivity contribution < 1.29 is 24.2 Å². The van der Waals surface area contributed by atoms with Crippen LogP contribution in [0.15, 0.2) is 12.2 Å². The van der Waals surface area contributed by atoms with Gasteiger partial charge in [-0.2, -0.15) is 0 Å². The normalized spacial score (nSPS) is 12.1. The molecule has 0 rings (SSSR count). The Morgan fingerprint density at radius 1 is 0.407 bits per heavy atom. The molecule has 320 valence electrons. The Balaban J connectivity index is 3.46. The topological polar surface area (TPSA) is 72.8 Å². The van der Waals surface area contributed by atoms with Crippen LogP contribution in [0.3, 0.4) is 0 Å². The quantitative estimate of drug-likeness (QED) is 0.0380. The molecule has 1 atom stereocenters. The molecule has 0 aromatic heterocycles. The van der Waals surface area contributed by atoms with Crippen LogP contribution in [-0.2, 0) is 19.1 Å². The van der Waals surface area contributed by atoms with Crippen molar-refractivity contribution in [1.82, 2.24) is 0 Å². The molecule has 0 bridgehead atoms. The van der Waals surface area contributed by atoms with Crippen molar-refractivity contribution in [3.05, 3.63) is 12.2 Å². The fourth-order valence-corrected chi connectivity index (χ4v) is 7.38. The van der Waals surface area contributed by atoms with Crippen molar-refractivity contribution in [3.8, 4) is 0 Å². The highest BCUT2D eigenvalue weighted by Gasteiger charge is 2.16. The Hall–Kier alpha value is -1.36. The first kappa shape index (κ1) is 52.6. The van der Waals surface area contributed by atoms with E-state index in [1.54, 1.807) is 0 Å². The van der Waals surface area contributed by atoms with Gasteiger partial charge in [-0.15, -0.1) is 0 Å².